The number of fused-ring (bicyclic) bond motifs is 2. The Morgan fingerprint density at radius 1 is 0.810 bits per heavy atom. The minimum Gasteiger partial charge on any atom is -0.329 e. The van der Waals surface area contributed by atoms with Crippen molar-refractivity contribution in [2.45, 2.75) is 6.54 Å². The van der Waals surface area contributed by atoms with Gasteiger partial charge in [-0.05, 0) is 33.2 Å². The molecule has 0 aliphatic heterocycles. The molecular weight excluding hydrogens is 303 g/mol. The predicted octanol–water partition coefficient (Wildman–Crippen LogP) is 3.88. The van der Waals surface area contributed by atoms with Crippen molar-refractivity contribution in [2.24, 2.45) is 5.73 Å². The Bertz CT molecular complexity index is 659. The molecule has 0 radical (unpaired) electrons. The van der Waals surface area contributed by atoms with Gasteiger partial charge in [-0.2, -0.15) is 0 Å². The van der Waals surface area contributed by atoms with Gasteiger partial charge in [0.05, 0.1) is 0 Å². The predicted molar refractivity (Wildman–Crippen MR) is 96.7 cm³/mol. The number of benzene rings is 3. The van der Waals surface area contributed by atoms with Crippen LogP contribution in [0.3, 0.4) is 0 Å². The molecule has 4 heteroatoms. The summed E-state index contributed by atoms with van der Waals surface area (Å²) in [6.07, 6.45) is 0. The second kappa shape index (κ2) is 8.20. The molecule has 112 valence electrons. The van der Waals surface area contributed by atoms with Gasteiger partial charge in [-0.25, -0.2) is 0 Å². The van der Waals surface area contributed by atoms with Crippen LogP contribution in [0.4, 0.5) is 0 Å². The van der Waals surface area contributed by atoms with Gasteiger partial charge in [0, 0.05) is 19.6 Å². The number of halogens is 2. The Hall–Kier alpha value is -1.32. The first-order valence-electron chi connectivity index (χ1n) is 6.70. The van der Waals surface area contributed by atoms with Gasteiger partial charge >= 0.3 is 0 Å². The molecule has 0 bridgehead atoms. The third-order valence-electron chi connectivity index (χ3n) is 3.51. The van der Waals surface area contributed by atoms with E-state index in [1.807, 2.05) is 0 Å². The maximum absolute atomic E-state index is 5.56. The van der Waals surface area contributed by atoms with Gasteiger partial charge in [-0.1, -0.05) is 48.5 Å². The second-order valence-electron chi connectivity index (χ2n) is 4.76. The van der Waals surface area contributed by atoms with Crippen LogP contribution in [0.25, 0.3) is 21.5 Å². The Morgan fingerprint density at radius 2 is 1.33 bits per heavy atom. The van der Waals surface area contributed by atoms with Crippen molar-refractivity contribution >= 4 is 46.4 Å². The molecule has 3 N–H and O–H groups in total. The zero-order valence-electron chi connectivity index (χ0n) is 11.7. The summed E-state index contributed by atoms with van der Waals surface area (Å²) in [5.41, 5.74) is 6.92. The maximum Gasteiger partial charge on any atom is 0.0218 e. The molecule has 0 saturated heterocycles. The molecule has 0 fully saturated rings. The van der Waals surface area contributed by atoms with E-state index in [-0.39, 0.29) is 24.8 Å². The quantitative estimate of drug-likeness (QED) is 0.565. The third-order valence-corrected chi connectivity index (χ3v) is 3.51. The van der Waals surface area contributed by atoms with Gasteiger partial charge in [-0.3, -0.25) is 0 Å². The van der Waals surface area contributed by atoms with E-state index in [1.165, 1.54) is 27.1 Å². The molecule has 3 aromatic carbocycles. The van der Waals surface area contributed by atoms with Crippen LogP contribution in [-0.4, -0.2) is 13.1 Å². The van der Waals surface area contributed by atoms with Crippen molar-refractivity contribution in [3.05, 3.63) is 60.2 Å². The number of hydrogen-bond acceptors (Lipinski definition) is 2. The van der Waals surface area contributed by atoms with Gasteiger partial charge in [0.1, 0.15) is 0 Å². The van der Waals surface area contributed by atoms with Gasteiger partial charge in [0.25, 0.3) is 0 Å². The summed E-state index contributed by atoms with van der Waals surface area (Å²) in [6.45, 7) is 2.37. The summed E-state index contributed by atoms with van der Waals surface area (Å²) in [7, 11) is 0. The lowest BCUT2D eigenvalue weighted by Gasteiger charge is -2.12. The first-order valence-corrected chi connectivity index (χ1v) is 6.70. The Labute approximate surface area is 137 Å². The van der Waals surface area contributed by atoms with E-state index in [4.69, 9.17) is 5.73 Å². The van der Waals surface area contributed by atoms with E-state index < -0.39 is 0 Å². The van der Waals surface area contributed by atoms with E-state index in [0.717, 1.165) is 13.1 Å². The highest BCUT2D eigenvalue weighted by molar-refractivity contribution is 6.02. The lowest BCUT2D eigenvalue weighted by Crippen LogP contribution is -2.22. The monoisotopic (exact) mass is 322 g/mol. The van der Waals surface area contributed by atoms with Crippen LogP contribution in [-0.2, 0) is 6.54 Å². The maximum atomic E-state index is 5.56. The fourth-order valence-corrected chi connectivity index (χ4v) is 2.61. The molecular formula is C17H20Cl2N2. The number of nitrogens with one attached hydrogen (secondary N) is 1. The van der Waals surface area contributed by atoms with Crippen molar-refractivity contribution in [3.63, 3.8) is 0 Å². The van der Waals surface area contributed by atoms with Crippen LogP contribution < -0.4 is 11.1 Å². The van der Waals surface area contributed by atoms with Crippen molar-refractivity contribution in [1.29, 1.82) is 0 Å². The molecule has 3 aromatic rings. The summed E-state index contributed by atoms with van der Waals surface area (Å²) in [4.78, 5) is 0. The average Bonchev–Trinajstić information content (AvgIpc) is 2.46. The molecule has 3 rings (SSSR count). The highest BCUT2D eigenvalue weighted by Gasteiger charge is 2.06. The molecule has 2 nitrogen and oxygen atoms in total. The summed E-state index contributed by atoms with van der Waals surface area (Å²) in [5, 5.41) is 8.65. The first-order chi connectivity index (χ1) is 9.40. The van der Waals surface area contributed by atoms with Gasteiger partial charge in [0.15, 0.2) is 0 Å². The first kappa shape index (κ1) is 17.7. The van der Waals surface area contributed by atoms with Crippen LogP contribution in [0.15, 0.2) is 54.6 Å². The van der Waals surface area contributed by atoms with E-state index in [2.05, 4.69) is 59.9 Å². The fourth-order valence-electron chi connectivity index (χ4n) is 2.61. The lowest BCUT2D eigenvalue weighted by atomic mass is 9.97. The molecule has 0 saturated carbocycles. The fraction of sp³-hybridized carbons (Fsp3) is 0.176. The molecule has 0 atom stereocenters. The summed E-state index contributed by atoms with van der Waals surface area (Å²) in [6, 6.07) is 19.4. The van der Waals surface area contributed by atoms with Crippen LogP contribution >= 0.6 is 24.8 Å². The molecule has 0 unspecified atom stereocenters. The van der Waals surface area contributed by atoms with Crippen LogP contribution in [0.2, 0.25) is 0 Å². The number of hydrogen-bond donors (Lipinski definition) is 2. The van der Waals surface area contributed by atoms with Crippen molar-refractivity contribution in [1.82, 2.24) is 5.32 Å². The Morgan fingerprint density at radius 3 is 1.86 bits per heavy atom. The van der Waals surface area contributed by atoms with Gasteiger partial charge in [-0.15, -0.1) is 24.8 Å². The normalized spacial score (nSPS) is 10.1. The second-order valence-corrected chi connectivity index (χ2v) is 4.76. The summed E-state index contributed by atoms with van der Waals surface area (Å²) < 4.78 is 0. The summed E-state index contributed by atoms with van der Waals surface area (Å²) in [5.74, 6) is 0. The van der Waals surface area contributed by atoms with Crippen LogP contribution in [0, 0.1) is 0 Å². The van der Waals surface area contributed by atoms with Crippen molar-refractivity contribution in [2.75, 3.05) is 13.1 Å². The molecule has 0 heterocycles. The minimum atomic E-state index is 0. The van der Waals surface area contributed by atoms with Crippen molar-refractivity contribution in [3.8, 4) is 0 Å². The van der Waals surface area contributed by atoms with E-state index >= 15 is 0 Å². The zero-order chi connectivity index (χ0) is 13.1. The van der Waals surface area contributed by atoms with E-state index in [1.54, 1.807) is 0 Å². The van der Waals surface area contributed by atoms with E-state index in [0.29, 0.717) is 6.54 Å². The summed E-state index contributed by atoms with van der Waals surface area (Å²) >= 11 is 0. The van der Waals surface area contributed by atoms with Gasteiger partial charge < -0.3 is 11.1 Å². The van der Waals surface area contributed by atoms with Crippen LogP contribution in [0.5, 0.6) is 0 Å². The molecule has 0 aromatic heterocycles. The highest BCUT2D eigenvalue weighted by Crippen LogP contribution is 2.28. The third kappa shape index (κ3) is 3.66. The van der Waals surface area contributed by atoms with Gasteiger partial charge in [0.2, 0.25) is 0 Å². The van der Waals surface area contributed by atoms with Crippen LogP contribution in [0.1, 0.15) is 5.56 Å². The molecule has 0 spiro atoms. The molecule has 21 heavy (non-hydrogen) atoms. The minimum absolute atomic E-state index is 0. The Balaban J connectivity index is 0.00000110. The lowest BCUT2D eigenvalue weighted by molar-refractivity contribution is 0.700. The standard InChI is InChI=1S/C17H18N2.2ClH/c18-9-10-19-12-17-15-7-3-1-5-13(15)11-14-6-2-4-8-16(14)17;;/h1-8,11,19H,9-10,12,18H2;2*1H. The SMILES string of the molecule is Cl.Cl.NCCNCc1c2ccccc2cc2ccccc12. The van der Waals surface area contributed by atoms with E-state index in [9.17, 15) is 0 Å². The smallest absolute Gasteiger partial charge is 0.0218 e. The average molecular weight is 323 g/mol. The molecule has 0 aliphatic rings. The van der Waals surface area contributed by atoms with Crippen molar-refractivity contribution < 1.29 is 0 Å². The number of rotatable bonds is 4. The highest BCUT2D eigenvalue weighted by atomic mass is 35.5. The molecule has 0 aliphatic carbocycles. The Kier molecular flexibility index (Phi) is 6.93. The zero-order valence-corrected chi connectivity index (χ0v) is 13.3. The molecule has 0 amide bonds. The number of nitrogens with two attached hydrogens (primary N) is 1. The topological polar surface area (TPSA) is 38.0 Å². The largest absolute Gasteiger partial charge is 0.329 e.